The molecule has 6 atom stereocenters. The van der Waals surface area contributed by atoms with Gasteiger partial charge >= 0.3 is 0 Å². The fourth-order valence-corrected chi connectivity index (χ4v) is 11.5. The third kappa shape index (κ3) is 10.4. The van der Waals surface area contributed by atoms with Gasteiger partial charge in [-0.25, -0.2) is 22.0 Å². The second-order valence-electron chi connectivity index (χ2n) is 13.3. The number of aryl methyl sites for hydroxylation is 1. The van der Waals surface area contributed by atoms with E-state index in [9.17, 15) is 36.9 Å². The van der Waals surface area contributed by atoms with Gasteiger partial charge in [-0.15, -0.1) is 11.3 Å². The number of fused-ring (bicyclic) bond motifs is 1. The zero-order valence-corrected chi connectivity index (χ0v) is 31.4. The van der Waals surface area contributed by atoms with Crippen LogP contribution in [0.5, 0.6) is 0 Å². The van der Waals surface area contributed by atoms with Gasteiger partial charge in [-0.2, -0.15) is 4.31 Å². The highest BCUT2D eigenvalue weighted by Crippen LogP contribution is 2.43. The lowest BCUT2D eigenvalue weighted by Gasteiger charge is -2.38. The van der Waals surface area contributed by atoms with Crippen molar-refractivity contribution in [3.05, 3.63) is 59.7 Å². The van der Waals surface area contributed by atoms with E-state index in [1.807, 2.05) is 49.4 Å². The van der Waals surface area contributed by atoms with Crippen molar-refractivity contribution in [3.8, 4) is 0 Å². The van der Waals surface area contributed by atoms with E-state index in [4.69, 9.17) is 9.88 Å². The van der Waals surface area contributed by atoms with E-state index >= 15 is 0 Å². The second kappa shape index (κ2) is 18.5. The smallest absolute Gasteiger partial charge is 0.253 e. The van der Waals surface area contributed by atoms with Crippen LogP contribution >= 0.6 is 11.3 Å². The molecule has 280 valence electrons. The van der Waals surface area contributed by atoms with Gasteiger partial charge in [0.2, 0.25) is 15.9 Å². The third-order valence-corrected chi connectivity index (χ3v) is 14.8. The number of methoxy groups -OCH3 is 1. The number of amides is 1. The van der Waals surface area contributed by atoms with Crippen molar-refractivity contribution in [1.29, 1.82) is 0 Å². The number of nitrogens with two attached hydrogens (primary N) is 1. The van der Waals surface area contributed by atoms with Crippen LogP contribution in [0.3, 0.4) is 0 Å². The van der Waals surface area contributed by atoms with Crippen molar-refractivity contribution in [2.24, 2.45) is 17.0 Å². The number of primary sulfonamides is 1. The molecule has 1 saturated carbocycles. The predicted octanol–water partition coefficient (Wildman–Crippen LogP) is 3.57. The van der Waals surface area contributed by atoms with Gasteiger partial charge in [-0.1, -0.05) is 42.5 Å². The van der Waals surface area contributed by atoms with Gasteiger partial charge in [0, 0.05) is 45.3 Å². The maximum Gasteiger partial charge on any atom is 0.253 e. The summed E-state index contributed by atoms with van der Waals surface area (Å²) in [5.74, 6) is -0.390. The number of likely N-dealkylation sites (N-methyl/N-ethyl adjacent to an activating group) is 1. The average Bonchev–Trinajstić information content (AvgIpc) is 3.65. The number of aliphatic hydroxyl groups excluding tert-OH is 3. The molecule has 1 aromatic heterocycles. The summed E-state index contributed by atoms with van der Waals surface area (Å²) in [5, 5.41) is 37.3. The van der Waals surface area contributed by atoms with Crippen molar-refractivity contribution < 1.29 is 41.7 Å². The van der Waals surface area contributed by atoms with E-state index in [1.165, 1.54) is 23.0 Å². The Morgan fingerprint density at radius 1 is 1.14 bits per heavy atom. The molecule has 2 heterocycles. The van der Waals surface area contributed by atoms with Crippen LogP contribution in [0.2, 0.25) is 0 Å². The number of carbonyl (C=O) groups excluding carboxylic acids is 1. The zero-order chi connectivity index (χ0) is 36.5. The molecule has 2 unspecified atom stereocenters. The largest absolute Gasteiger partial charge is 0.393 e. The summed E-state index contributed by atoms with van der Waals surface area (Å²) in [7, 11) is -6.62. The molecule has 2 aromatic rings. The monoisotopic (exact) mass is 755 g/mol. The van der Waals surface area contributed by atoms with E-state index in [-0.39, 0.29) is 51.2 Å². The number of allylic oxidation sites excluding steroid dienone is 2. The quantitative estimate of drug-likeness (QED) is 0.123. The van der Waals surface area contributed by atoms with Crippen molar-refractivity contribution >= 4 is 37.3 Å². The summed E-state index contributed by atoms with van der Waals surface area (Å²) in [6.07, 6.45) is 7.58. The number of benzene rings is 1. The van der Waals surface area contributed by atoms with Gasteiger partial charge in [0.15, 0.2) is 0 Å². The van der Waals surface area contributed by atoms with Crippen molar-refractivity contribution in [3.63, 3.8) is 0 Å². The van der Waals surface area contributed by atoms with Crippen LogP contribution in [-0.2, 0) is 36.0 Å². The Kier molecular flexibility index (Phi) is 15.0. The average molecular weight is 756 g/mol. The minimum absolute atomic E-state index is 0.000109. The Labute approximate surface area is 301 Å². The van der Waals surface area contributed by atoms with E-state index in [0.29, 0.717) is 75.9 Å². The topological polar surface area (TPSA) is 188 Å². The second-order valence-corrected chi connectivity index (χ2v) is 18.3. The van der Waals surface area contributed by atoms with Crippen LogP contribution < -0.4 is 5.14 Å². The third-order valence-electron chi connectivity index (χ3n) is 9.89. The van der Waals surface area contributed by atoms with E-state index < -0.39 is 44.4 Å². The summed E-state index contributed by atoms with van der Waals surface area (Å²) in [6.45, 7) is 2.62. The molecule has 5 N–H and O–H groups in total. The minimum atomic E-state index is -4.16. The Balaban J connectivity index is 1.31. The number of hydrogen-bond acceptors (Lipinski definition) is 10. The lowest BCUT2D eigenvalue weighted by Crippen LogP contribution is -2.47. The number of nitrogens with zero attached hydrogens (tertiary/aromatic N) is 2. The van der Waals surface area contributed by atoms with Gasteiger partial charge in [-0.05, 0) is 88.2 Å². The Bertz CT molecular complexity index is 1630. The Morgan fingerprint density at radius 3 is 2.54 bits per heavy atom. The standard InChI is InChI=1S/C35H53N3O9S3/c1-3-38(30-24-37(20-11-21-47-2)50(45,46)35-29(30)22-34(48-35)49(36,43)44)33(42)15-10-5-4-9-14-27-28(32(41)23-31(27)40)19-18-26(39)17-16-25-12-7-6-8-13-25/h4,6-9,12-13,22,26-28,30-32,39-41H,3,5,10-11,14-21,23-24H2,1-2H3,(H2,36,43,44)/b9-4-/t26-,27-,28?,30?,31+,32-/m1/s1. The van der Waals surface area contributed by atoms with E-state index in [0.717, 1.165) is 6.42 Å². The number of ether oxygens (including phenoxy) is 1. The number of sulfonamides is 2. The molecule has 1 fully saturated rings. The maximum absolute atomic E-state index is 13.5. The minimum Gasteiger partial charge on any atom is -0.393 e. The molecule has 15 heteroatoms. The lowest BCUT2D eigenvalue weighted by atomic mass is 9.85. The molecule has 0 radical (unpaired) electrons. The molecule has 1 aliphatic heterocycles. The number of carbonyl (C=O) groups is 1. The Morgan fingerprint density at radius 2 is 1.86 bits per heavy atom. The highest BCUT2D eigenvalue weighted by Gasteiger charge is 2.43. The van der Waals surface area contributed by atoms with Gasteiger partial charge < -0.3 is 25.0 Å². The van der Waals surface area contributed by atoms with Crippen molar-refractivity contribution in [2.45, 2.75) is 104 Å². The van der Waals surface area contributed by atoms with Crippen LogP contribution in [0.15, 0.2) is 57.0 Å². The molecule has 50 heavy (non-hydrogen) atoms. The molecule has 0 spiro atoms. The van der Waals surface area contributed by atoms with Gasteiger partial charge in [0.05, 0.1) is 24.4 Å². The first-order valence-corrected chi connectivity index (χ1v) is 21.3. The van der Waals surface area contributed by atoms with E-state index in [1.54, 1.807) is 4.90 Å². The molecule has 12 nitrogen and oxygen atoms in total. The summed E-state index contributed by atoms with van der Waals surface area (Å²) in [5.41, 5.74) is 1.45. The molecular formula is C35H53N3O9S3. The van der Waals surface area contributed by atoms with Crippen molar-refractivity contribution in [1.82, 2.24) is 9.21 Å². The van der Waals surface area contributed by atoms with Gasteiger partial charge in [0.25, 0.3) is 10.0 Å². The van der Waals surface area contributed by atoms with Crippen LogP contribution in [-0.4, -0.2) is 98.9 Å². The molecule has 1 amide bonds. The van der Waals surface area contributed by atoms with Gasteiger partial charge in [-0.3, -0.25) is 4.79 Å². The maximum atomic E-state index is 13.5. The summed E-state index contributed by atoms with van der Waals surface area (Å²) in [4.78, 5) is 15.1. The summed E-state index contributed by atoms with van der Waals surface area (Å²) >= 11 is 0.612. The van der Waals surface area contributed by atoms with Crippen LogP contribution in [0, 0.1) is 11.8 Å². The Hall–Kier alpha value is -2.21. The van der Waals surface area contributed by atoms with Crippen molar-refractivity contribution in [2.75, 3.05) is 33.4 Å². The molecule has 1 aliphatic carbocycles. The van der Waals surface area contributed by atoms with E-state index in [2.05, 4.69) is 0 Å². The highest BCUT2D eigenvalue weighted by atomic mass is 32.3. The lowest BCUT2D eigenvalue weighted by molar-refractivity contribution is -0.134. The first-order valence-electron chi connectivity index (χ1n) is 17.5. The zero-order valence-electron chi connectivity index (χ0n) is 29.0. The number of hydrogen-bond donors (Lipinski definition) is 4. The summed E-state index contributed by atoms with van der Waals surface area (Å²) in [6, 6.07) is 10.6. The number of rotatable bonds is 19. The fourth-order valence-electron chi connectivity index (χ4n) is 7.18. The molecule has 0 bridgehead atoms. The number of aliphatic hydroxyl groups is 3. The van der Waals surface area contributed by atoms with Gasteiger partial charge in [0.1, 0.15) is 8.42 Å². The molecular weight excluding hydrogens is 703 g/mol. The SMILES string of the molecule is CCN(C(=O)CCC/C=C\C[C@@H]1C(CC[C@H](O)CCc2ccccc2)[C@H](O)C[C@@H]1O)C1CN(CCCOC)S(=O)(=O)c2sc(S(N)(=O)=O)cc21. The number of thiophene rings is 1. The first-order chi connectivity index (χ1) is 23.8. The van der Waals surface area contributed by atoms with Crippen LogP contribution in [0.4, 0.5) is 0 Å². The molecule has 4 rings (SSSR count). The number of unbranched alkanes of at least 4 members (excludes halogenated alkanes) is 1. The molecule has 2 aliphatic rings. The predicted molar refractivity (Wildman–Crippen MR) is 192 cm³/mol. The highest BCUT2D eigenvalue weighted by molar-refractivity contribution is 7.94. The molecule has 1 aromatic carbocycles. The first kappa shape index (κ1) is 40.6. The van der Waals surface area contributed by atoms with Crippen LogP contribution in [0.1, 0.15) is 81.9 Å². The molecule has 0 saturated heterocycles. The fraction of sp³-hybridized carbons (Fsp3) is 0.629. The summed E-state index contributed by atoms with van der Waals surface area (Å²) < 4.78 is 57.2. The van der Waals surface area contributed by atoms with Crippen LogP contribution in [0.25, 0.3) is 0 Å². The normalized spacial score (nSPS) is 24.4.